The molecule has 1 aliphatic rings. The first-order valence-electron chi connectivity index (χ1n) is 8.78. The topological polar surface area (TPSA) is 74.3 Å². The van der Waals surface area contributed by atoms with Crippen LogP contribution in [0, 0.1) is 12.8 Å². The van der Waals surface area contributed by atoms with Crippen LogP contribution in [0.25, 0.3) is 0 Å². The van der Waals surface area contributed by atoms with Gasteiger partial charge in [0.1, 0.15) is 0 Å². The number of rotatable bonds is 5. The Morgan fingerprint density at radius 1 is 1.19 bits per heavy atom. The summed E-state index contributed by atoms with van der Waals surface area (Å²) < 4.78 is 0. The molecule has 3 rings (SSSR count). The number of carbonyl (C=O) groups excluding carboxylic acids is 2. The van der Waals surface area contributed by atoms with Gasteiger partial charge in [-0.15, -0.1) is 0 Å². The Balaban J connectivity index is 1.71. The van der Waals surface area contributed by atoms with E-state index in [-0.39, 0.29) is 23.8 Å². The zero-order chi connectivity index (χ0) is 18.5. The molecule has 2 heterocycles. The number of benzene rings is 1. The molecule has 6 heteroatoms. The van der Waals surface area contributed by atoms with Gasteiger partial charge >= 0.3 is 0 Å². The molecule has 2 amide bonds. The van der Waals surface area contributed by atoms with Gasteiger partial charge < -0.3 is 10.6 Å². The summed E-state index contributed by atoms with van der Waals surface area (Å²) in [6, 6.07) is 13.4. The highest BCUT2D eigenvalue weighted by Crippen LogP contribution is 2.20. The zero-order valence-corrected chi connectivity index (χ0v) is 15.1. The van der Waals surface area contributed by atoms with E-state index in [0.29, 0.717) is 18.7 Å². The third kappa shape index (κ3) is 4.26. The molecule has 1 aromatic carbocycles. The molecule has 2 aromatic rings. The van der Waals surface area contributed by atoms with Gasteiger partial charge in [-0.05, 0) is 24.6 Å². The van der Waals surface area contributed by atoms with Crippen molar-refractivity contribution in [3.63, 3.8) is 0 Å². The van der Waals surface area contributed by atoms with E-state index < -0.39 is 0 Å². The lowest BCUT2D eigenvalue weighted by molar-refractivity contribution is -0.124. The van der Waals surface area contributed by atoms with Crippen LogP contribution < -0.4 is 10.6 Å². The number of nitrogens with zero attached hydrogens (tertiary/aromatic N) is 2. The van der Waals surface area contributed by atoms with Gasteiger partial charge in [-0.2, -0.15) is 0 Å². The molecule has 2 N–H and O–H groups in total. The lowest BCUT2D eigenvalue weighted by Crippen LogP contribution is -2.45. The van der Waals surface area contributed by atoms with E-state index in [4.69, 9.17) is 0 Å². The van der Waals surface area contributed by atoms with Crippen molar-refractivity contribution in [3.05, 3.63) is 65.5 Å². The summed E-state index contributed by atoms with van der Waals surface area (Å²) in [7, 11) is 1.63. The molecule has 0 bridgehead atoms. The molecular formula is C20H24N4O2. The number of aromatic nitrogens is 1. The van der Waals surface area contributed by atoms with Gasteiger partial charge in [-0.1, -0.05) is 30.3 Å². The monoisotopic (exact) mass is 352 g/mol. The molecule has 0 radical (unpaired) electrons. The summed E-state index contributed by atoms with van der Waals surface area (Å²) in [4.78, 5) is 31.2. The molecule has 136 valence electrons. The van der Waals surface area contributed by atoms with E-state index in [9.17, 15) is 9.59 Å². The smallest absolute Gasteiger partial charge is 0.251 e. The van der Waals surface area contributed by atoms with Crippen molar-refractivity contribution in [2.24, 2.45) is 5.92 Å². The summed E-state index contributed by atoms with van der Waals surface area (Å²) >= 11 is 0. The fourth-order valence-corrected chi connectivity index (χ4v) is 3.39. The largest absolute Gasteiger partial charge is 0.359 e. The lowest BCUT2D eigenvalue weighted by atomic mass is 10.0. The van der Waals surface area contributed by atoms with E-state index >= 15 is 0 Å². The average Bonchev–Trinajstić information content (AvgIpc) is 3.04. The van der Waals surface area contributed by atoms with Crippen LogP contribution in [0.5, 0.6) is 0 Å². The van der Waals surface area contributed by atoms with Crippen LogP contribution in [0.15, 0.2) is 48.7 Å². The van der Waals surface area contributed by atoms with Gasteiger partial charge in [0.25, 0.3) is 5.91 Å². The Morgan fingerprint density at radius 3 is 2.65 bits per heavy atom. The average molecular weight is 352 g/mol. The van der Waals surface area contributed by atoms with Gasteiger partial charge in [0, 0.05) is 44.1 Å². The van der Waals surface area contributed by atoms with Crippen LogP contribution in [0.2, 0.25) is 0 Å². The van der Waals surface area contributed by atoms with E-state index in [1.165, 1.54) is 5.56 Å². The molecule has 1 aliphatic heterocycles. The molecule has 2 atom stereocenters. The highest BCUT2D eigenvalue weighted by atomic mass is 16.2. The molecule has 0 unspecified atom stereocenters. The van der Waals surface area contributed by atoms with Gasteiger partial charge in [0.2, 0.25) is 5.91 Å². The molecule has 0 spiro atoms. The predicted octanol–water partition coefficient (Wildman–Crippen LogP) is 1.37. The third-order valence-corrected chi connectivity index (χ3v) is 4.70. The van der Waals surface area contributed by atoms with Crippen LogP contribution in [-0.2, 0) is 11.3 Å². The molecule has 1 aromatic heterocycles. The van der Waals surface area contributed by atoms with Crippen molar-refractivity contribution >= 4 is 11.8 Å². The van der Waals surface area contributed by atoms with Crippen LogP contribution in [0.3, 0.4) is 0 Å². The summed E-state index contributed by atoms with van der Waals surface area (Å²) in [6.45, 7) is 3.87. The first kappa shape index (κ1) is 18.1. The molecule has 1 fully saturated rings. The number of carbonyl (C=O) groups is 2. The highest BCUT2D eigenvalue weighted by molar-refractivity contribution is 5.95. The van der Waals surface area contributed by atoms with Crippen molar-refractivity contribution in [1.29, 1.82) is 0 Å². The fourth-order valence-electron chi connectivity index (χ4n) is 3.39. The van der Waals surface area contributed by atoms with Crippen LogP contribution in [-0.4, -0.2) is 47.9 Å². The van der Waals surface area contributed by atoms with E-state index in [1.54, 1.807) is 25.4 Å². The number of amides is 2. The number of hydrogen-bond acceptors (Lipinski definition) is 4. The lowest BCUT2D eigenvalue weighted by Gasteiger charge is -2.18. The second-order valence-electron chi connectivity index (χ2n) is 6.67. The van der Waals surface area contributed by atoms with Crippen LogP contribution >= 0.6 is 0 Å². The summed E-state index contributed by atoms with van der Waals surface area (Å²) in [5.74, 6) is -0.483. The molecule has 0 aliphatic carbocycles. The van der Waals surface area contributed by atoms with Gasteiger partial charge in [0.05, 0.1) is 12.0 Å². The Labute approximate surface area is 153 Å². The molecule has 0 saturated carbocycles. The Kier molecular flexibility index (Phi) is 5.63. The number of nitrogens with one attached hydrogen (secondary N) is 2. The minimum Gasteiger partial charge on any atom is -0.359 e. The SMILES string of the molecule is CNC(=O)[C@H]1CN(Cc2ccccc2)C[C@@H]1NC(=O)c1ccnc(C)c1. The maximum absolute atomic E-state index is 12.6. The highest BCUT2D eigenvalue weighted by Gasteiger charge is 2.38. The summed E-state index contributed by atoms with van der Waals surface area (Å²) in [5, 5.41) is 5.75. The van der Waals surface area contributed by atoms with Crippen LogP contribution in [0.4, 0.5) is 0 Å². The third-order valence-electron chi connectivity index (χ3n) is 4.70. The standard InChI is InChI=1S/C20H24N4O2/c1-14-10-16(8-9-22-14)19(25)23-18-13-24(12-17(18)20(26)21-2)11-15-6-4-3-5-7-15/h3-10,17-18H,11-13H2,1-2H3,(H,21,26)(H,23,25)/t17-,18-/m0/s1. The quantitative estimate of drug-likeness (QED) is 0.852. The van der Waals surface area contributed by atoms with Crippen molar-refractivity contribution in [3.8, 4) is 0 Å². The van der Waals surface area contributed by atoms with Crippen LogP contribution in [0.1, 0.15) is 21.6 Å². The number of pyridine rings is 1. The second kappa shape index (κ2) is 8.10. The first-order chi connectivity index (χ1) is 12.6. The summed E-state index contributed by atoms with van der Waals surface area (Å²) in [6.07, 6.45) is 1.62. The van der Waals surface area contributed by atoms with Crippen molar-refractivity contribution < 1.29 is 9.59 Å². The van der Waals surface area contributed by atoms with Crippen molar-refractivity contribution in [2.45, 2.75) is 19.5 Å². The molecular weight excluding hydrogens is 328 g/mol. The maximum atomic E-state index is 12.6. The number of hydrogen-bond donors (Lipinski definition) is 2. The Hall–Kier alpha value is -2.73. The maximum Gasteiger partial charge on any atom is 0.251 e. The minimum absolute atomic E-state index is 0.0447. The van der Waals surface area contributed by atoms with Gasteiger partial charge in [0.15, 0.2) is 0 Å². The molecule has 1 saturated heterocycles. The number of aryl methyl sites for hydroxylation is 1. The van der Waals surface area contributed by atoms with E-state index in [0.717, 1.165) is 12.2 Å². The molecule has 26 heavy (non-hydrogen) atoms. The fraction of sp³-hybridized carbons (Fsp3) is 0.350. The van der Waals surface area contributed by atoms with Crippen molar-refractivity contribution in [2.75, 3.05) is 20.1 Å². The molecule has 6 nitrogen and oxygen atoms in total. The second-order valence-corrected chi connectivity index (χ2v) is 6.67. The number of likely N-dealkylation sites (tertiary alicyclic amines) is 1. The Bertz CT molecular complexity index is 778. The van der Waals surface area contributed by atoms with E-state index in [1.807, 2.05) is 25.1 Å². The predicted molar refractivity (Wildman–Crippen MR) is 99.5 cm³/mol. The van der Waals surface area contributed by atoms with Crippen molar-refractivity contribution in [1.82, 2.24) is 20.5 Å². The normalized spacial score (nSPS) is 19.9. The Morgan fingerprint density at radius 2 is 1.96 bits per heavy atom. The van der Waals surface area contributed by atoms with E-state index in [2.05, 4.69) is 32.7 Å². The zero-order valence-electron chi connectivity index (χ0n) is 15.1. The van der Waals surface area contributed by atoms with Gasteiger partial charge in [-0.25, -0.2) is 0 Å². The van der Waals surface area contributed by atoms with Gasteiger partial charge in [-0.3, -0.25) is 19.5 Å². The minimum atomic E-state index is -0.268. The first-order valence-corrected chi connectivity index (χ1v) is 8.78. The summed E-state index contributed by atoms with van der Waals surface area (Å²) in [5.41, 5.74) is 2.55.